The van der Waals surface area contributed by atoms with E-state index in [2.05, 4.69) is 10.3 Å². The first-order chi connectivity index (χ1) is 7.68. The fourth-order valence-electron chi connectivity index (χ4n) is 1.51. The van der Waals surface area contributed by atoms with Crippen LogP contribution in [0.25, 0.3) is 0 Å². The number of halogens is 2. The standard InChI is InChI=1S/C10H10ClFN2O2/c11-9-8(12)6(3-4-13-9)14-10(15)7-2-1-5-16-7/h3-4,7H,1-2,5H2,(H,13,14,15)/t7-/m1/s1. The van der Waals surface area contributed by atoms with Crippen molar-refractivity contribution in [3.8, 4) is 0 Å². The number of carbonyl (C=O) groups excluding carboxylic acids is 1. The number of carbonyl (C=O) groups is 1. The van der Waals surface area contributed by atoms with Crippen molar-refractivity contribution in [2.45, 2.75) is 18.9 Å². The van der Waals surface area contributed by atoms with E-state index in [4.69, 9.17) is 16.3 Å². The van der Waals surface area contributed by atoms with Crippen molar-refractivity contribution in [3.63, 3.8) is 0 Å². The predicted molar refractivity (Wildman–Crippen MR) is 56.8 cm³/mol. The van der Waals surface area contributed by atoms with Gasteiger partial charge in [0, 0.05) is 12.8 Å². The number of hydrogen-bond acceptors (Lipinski definition) is 3. The molecule has 2 heterocycles. The quantitative estimate of drug-likeness (QED) is 0.810. The summed E-state index contributed by atoms with van der Waals surface area (Å²) >= 11 is 5.49. The molecule has 86 valence electrons. The third-order valence-electron chi connectivity index (χ3n) is 2.33. The summed E-state index contributed by atoms with van der Waals surface area (Å²) in [5, 5.41) is 2.17. The van der Waals surface area contributed by atoms with Crippen LogP contribution in [0.15, 0.2) is 12.3 Å². The first-order valence-electron chi connectivity index (χ1n) is 4.91. The molecular formula is C10H10ClFN2O2. The first kappa shape index (κ1) is 11.3. The van der Waals surface area contributed by atoms with Crippen LogP contribution in [0.3, 0.4) is 0 Å². The van der Waals surface area contributed by atoms with Crippen LogP contribution in [0.2, 0.25) is 5.15 Å². The van der Waals surface area contributed by atoms with Gasteiger partial charge < -0.3 is 10.1 Å². The Morgan fingerprint density at radius 1 is 1.69 bits per heavy atom. The van der Waals surface area contributed by atoms with Crippen molar-refractivity contribution in [1.29, 1.82) is 0 Å². The summed E-state index contributed by atoms with van der Waals surface area (Å²) < 4.78 is 18.6. The number of pyridine rings is 1. The lowest BCUT2D eigenvalue weighted by molar-refractivity contribution is -0.124. The van der Waals surface area contributed by atoms with Crippen LogP contribution in [0.4, 0.5) is 10.1 Å². The van der Waals surface area contributed by atoms with Crippen LogP contribution in [-0.4, -0.2) is 23.6 Å². The van der Waals surface area contributed by atoms with Gasteiger partial charge in [-0.3, -0.25) is 4.79 Å². The summed E-state index contributed by atoms with van der Waals surface area (Å²) in [5.74, 6) is -1.07. The van der Waals surface area contributed by atoms with E-state index in [1.54, 1.807) is 0 Å². The third-order valence-corrected chi connectivity index (χ3v) is 2.59. The monoisotopic (exact) mass is 244 g/mol. The molecule has 1 atom stereocenters. The largest absolute Gasteiger partial charge is 0.368 e. The molecule has 1 aromatic heterocycles. The molecular weight excluding hydrogens is 235 g/mol. The zero-order valence-electron chi connectivity index (χ0n) is 8.37. The number of hydrogen-bond donors (Lipinski definition) is 1. The van der Waals surface area contributed by atoms with Crippen LogP contribution in [0.5, 0.6) is 0 Å². The highest BCUT2D eigenvalue weighted by atomic mass is 35.5. The van der Waals surface area contributed by atoms with E-state index in [1.807, 2.05) is 0 Å². The van der Waals surface area contributed by atoms with Gasteiger partial charge in [0.25, 0.3) is 5.91 Å². The van der Waals surface area contributed by atoms with Gasteiger partial charge in [-0.1, -0.05) is 11.6 Å². The molecule has 1 saturated heterocycles. The molecule has 1 fully saturated rings. The third kappa shape index (κ3) is 2.31. The summed E-state index contributed by atoms with van der Waals surface area (Å²) in [7, 11) is 0. The Balaban J connectivity index is 2.08. The molecule has 0 radical (unpaired) electrons. The van der Waals surface area contributed by atoms with Crippen molar-refractivity contribution in [2.75, 3.05) is 11.9 Å². The van der Waals surface area contributed by atoms with Gasteiger partial charge in [-0.2, -0.15) is 0 Å². The summed E-state index contributed by atoms with van der Waals surface area (Å²) in [6.07, 6.45) is 2.34. The Hall–Kier alpha value is -1.20. The second-order valence-corrected chi connectivity index (χ2v) is 3.81. The lowest BCUT2D eigenvalue weighted by Gasteiger charge is -2.10. The first-order valence-corrected chi connectivity index (χ1v) is 5.29. The number of amides is 1. The van der Waals surface area contributed by atoms with Gasteiger partial charge in [0.1, 0.15) is 6.10 Å². The molecule has 0 bridgehead atoms. The van der Waals surface area contributed by atoms with Crippen LogP contribution in [-0.2, 0) is 9.53 Å². The molecule has 1 aromatic rings. The van der Waals surface area contributed by atoms with Crippen molar-refractivity contribution in [1.82, 2.24) is 4.98 Å². The van der Waals surface area contributed by atoms with E-state index < -0.39 is 11.9 Å². The number of aromatic nitrogens is 1. The fourth-order valence-corrected chi connectivity index (χ4v) is 1.67. The Morgan fingerprint density at radius 3 is 3.19 bits per heavy atom. The van der Waals surface area contributed by atoms with Gasteiger partial charge >= 0.3 is 0 Å². The second-order valence-electron chi connectivity index (χ2n) is 3.45. The molecule has 1 N–H and O–H groups in total. The zero-order chi connectivity index (χ0) is 11.5. The Kier molecular flexibility index (Phi) is 3.36. The lowest BCUT2D eigenvalue weighted by Crippen LogP contribution is -2.27. The lowest BCUT2D eigenvalue weighted by atomic mass is 10.2. The van der Waals surface area contributed by atoms with Gasteiger partial charge in [0.2, 0.25) is 0 Å². The van der Waals surface area contributed by atoms with E-state index in [9.17, 15) is 9.18 Å². The normalized spacial score (nSPS) is 19.8. The minimum Gasteiger partial charge on any atom is -0.368 e. The van der Waals surface area contributed by atoms with Crippen molar-refractivity contribution in [3.05, 3.63) is 23.2 Å². The van der Waals surface area contributed by atoms with Crippen molar-refractivity contribution >= 4 is 23.2 Å². The van der Waals surface area contributed by atoms with E-state index in [0.29, 0.717) is 13.0 Å². The molecule has 0 spiro atoms. The van der Waals surface area contributed by atoms with Gasteiger partial charge in [0.15, 0.2) is 11.0 Å². The summed E-state index contributed by atoms with van der Waals surface area (Å²) in [6.45, 7) is 0.567. The Morgan fingerprint density at radius 2 is 2.50 bits per heavy atom. The molecule has 0 saturated carbocycles. The van der Waals surface area contributed by atoms with Gasteiger partial charge in [-0.25, -0.2) is 9.37 Å². The maximum atomic E-state index is 13.4. The smallest absolute Gasteiger partial charge is 0.253 e. The minimum absolute atomic E-state index is 0.0282. The number of anilines is 1. The topological polar surface area (TPSA) is 51.2 Å². The van der Waals surface area contributed by atoms with Crippen LogP contribution >= 0.6 is 11.6 Å². The van der Waals surface area contributed by atoms with E-state index in [-0.39, 0.29) is 16.7 Å². The molecule has 2 rings (SSSR count). The molecule has 1 aliphatic rings. The average Bonchev–Trinajstić information content (AvgIpc) is 2.78. The highest BCUT2D eigenvalue weighted by molar-refractivity contribution is 6.29. The minimum atomic E-state index is -0.726. The van der Waals surface area contributed by atoms with E-state index in [1.165, 1.54) is 12.3 Å². The molecule has 16 heavy (non-hydrogen) atoms. The summed E-state index contributed by atoms with van der Waals surface area (Å²) in [4.78, 5) is 15.2. The second kappa shape index (κ2) is 4.76. The zero-order valence-corrected chi connectivity index (χ0v) is 9.13. The maximum absolute atomic E-state index is 13.4. The highest BCUT2D eigenvalue weighted by Crippen LogP contribution is 2.21. The average molecular weight is 245 g/mol. The fraction of sp³-hybridized carbons (Fsp3) is 0.400. The van der Waals surface area contributed by atoms with Crippen LogP contribution in [0.1, 0.15) is 12.8 Å². The van der Waals surface area contributed by atoms with Crippen LogP contribution in [0, 0.1) is 5.82 Å². The SMILES string of the molecule is O=C(Nc1ccnc(Cl)c1F)[C@H]1CCCO1. The number of nitrogens with zero attached hydrogens (tertiary/aromatic N) is 1. The summed E-state index contributed by atoms with van der Waals surface area (Å²) in [6, 6.07) is 1.36. The van der Waals surface area contributed by atoms with E-state index in [0.717, 1.165) is 6.42 Å². The number of rotatable bonds is 2. The number of nitrogens with one attached hydrogen (secondary N) is 1. The van der Waals surface area contributed by atoms with Gasteiger partial charge in [-0.15, -0.1) is 0 Å². The molecule has 0 unspecified atom stereocenters. The molecule has 0 aromatic carbocycles. The summed E-state index contributed by atoms with van der Waals surface area (Å²) in [5.41, 5.74) is 0.0282. The van der Waals surface area contributed by atoms with Crippen molar-refractivity contribution < 1.29 is 13.9 Å². The molecule has 6 heteroatoms. The Bertz CT molecular complexity index is 408. The number of ether oxygens (including phenoxy) is 1. The van der Waals surface area contributed by atoms with E-state index >= 15 is 0 Å². The van der Waals surface area contributed by atoms with Crippen LogP contribution < -0.4 is 5.32 Å². The predicted octanol–water partition coefficient (Wildman–Crippen LogP) is 1.99. The molecule has 1 aliphatic heterocycles. The van der Waals surface area contributed by atoms with Crippen molar-refractivity contribution in [2.24, 2.45) is 0 Å². The molecule has 0 aliphatic carbocycles. The molecule has 1 amide bonds. The van der Waals surface area contributed by atoms with Gasteiger partial charge in [-0.05, 0) is 18.9 Å². The maximum Gasteiger partial charge on any atom is 0.253 e. The molecule has 4 nitrogen and oxygen atoms in total. The Labute approximate surface area is 96.8 Å². The van der Waals surface area contributed by atoms with Gasteiger partial charge in [0.05, 0.1) is 5.69 Å². The highest BCUT2D eigenvalue weighted by Gasteiger charge is 2.24.